The third-order valence-electron chi connectivity index (χ3n) is 6.83. The summed E-state index contributed by atoms with van der Waals surface area (Å²) in [6.07, 6.45) is 6.36. The third-order valence-corrected chi connectivity index (χ3v) is 6.83. The second-order valence-corrected chi connectivity index (χ2v) is 9.02. The minimum absolute atomic E-state index is 0.0593. The fourth-order valence-corrected chi connectivity index (χ4v) is 5.10. The molecule has 2 atom stereocenters. The van der Waals surface area contributed by atoms with E-state index in [9.17, 15) is 13.2 Å². The van der Waals surface area contributed by atoms with Crippen molar-refractivity contribution in [3.05, 3.63) is 57.7 Å². The molecular weight excluding hydrogens is 423 g/mol. The average molecular weight is 453 g/mol. The van der Waals surface area contributed by atoms with Crippen molar-refractivity contribution in [3.63, 3.8) is 0 Å². The Morgan fingerprint density at radius 2 is 1.59 bits per heavy atom. The number of alkyl halides is 1. The molecule has 1 aliphatic heterocycles. The quantitative estimate of drug-likeness (QED) is 0.253. The molecule has 0 amide bonds. The van der Waals surface area contributed by atoms with Gasteiger partial charge in [-0.2, -0.15) is 0 Å². The van der Waals surface area contributed by atoms with Gasteiger partial charge in [0, 0.05) is 17.0 Å². The molecule has 0 saturated carbocycles. The molecule has 0 radical (unpaired) electrons. The summed E-state index contributed by atoms with van der Waals surface area (Å²) in [4.78, 5) is 0. The summed E-state index contributed by atoms with van der Waals surface area (Å²) >= 11 is 0. The lowest BCUT2D eigenvalue weighted by molar-refractivity contribution is -0.00278. The summed E-state index contributed by atoms with van der Waals surface area (Å²) < 4.78 is 78.0. The third kappa shape index (κ3) is 4.30. The van der Waals surface area contributed by atoms with Gasteiger partial charge in [-0.3, -0.25) is 4.39 Å². The maximum Gasteiger partial charge on any atom is 0.167 e. The molecular formula is C26H29F5O. The average Bonchev–Trinajstić information content (AvgIpc) is 3.17. The SMILES string of the molecule is CCCCCC1CCC(c2cc3c(c(F)c2F)-c2c(cc(CCCF)c(F)c2F)C3)CO1. The highest BCUT2D eigenvalue weighted by atomic mass is 19.2. The number of unbranched alkanes of at least 4 members (excludes halogenated alkanes) is 2. The second-order valence-electron chi connectivity index (χ2n) is 9.02. The first-order chi connectivity index (χ1) is 15.5. The first kappa shape index (κ1) is 23.2. The van der Waals surface area contributed by atoms with E-state index in [0.717, 1.165) is 32.1 Å². The predicted molar refractivity (Wildman–Crippen MR) is 115 cm³/mol. The standard InChI is InChI=1S/C26H29F5O/c1-2-3-4-7-19-9-8-16(14-32-19)20-13-18-12-17-11-15(6-5-10-27)23(28)25(30)21(17)22(18)26(31)24(20)29/h11,13,16,19H,2-10,12,14H2,1H3. The van der Waals surface area contributed by atoms with Crippen LogP contribution < -0.4 is 0 Å². The predicted octanol–water partition coefficient (Wildman–Crippen LogP) is 7.56. The smallest absolute Gasteiger partial charge is 0.167 e. The Bertz CT molecular complexity index is 979. The van der Waals surface area contributed by atoms with Crippen LogP contribution in [-0.4, -0.2) is 19.4 Å². The molecule has 4 rings (SSSR count). The zero-order valence-electron chi connectivity index (χ0n) is 18.4. The Labute approximate surface area is 186 Å². The highest BCUT2D eigenvalue weighted by molar-refractivity contribution is 5.79. The molecule has 0 spiro atoms. The molecule has 1 saturated heterocycles. The van der Waals surface area contributed by atoms with Crippen molar-refractivity contribution in [2.75, 3.05) is 13.3 Å². The molecule has 174 valence electrons. The lowest BCUT2D eigenvalue weighted by Crippen LogP contribution is -2.25. The fraction of sp³-hybridized carbons (Fsp3) is 0.538. The van der Waals surface area contributed by atoms with Crippen LogP contribution in [0.3, 0.4) is 0 Å². The Balaban J connectivity index is 1.59. The molecule has 2 aromatic carbocycles. The van der Waals surface area contributed by atoms with Crippen molar-refractivity contribution in [1.82, 2.24) is 0 Å². The second kappa shape index (κ2) is 9.90. The van der Waals surface area contributed by atoms with Crippen molar-refractivity contribution >= 4 is 0 Å². The molecule has 1 heterocycles. The largest absolute Gasteiger partial charge is 0.378 e. The fourth-order valence-electron chi connectivity index (χ4n) is 5.10. The molecule has 2 aliphatic rings. The van der Waals surface area contributed by atoms with E-state index in [2.05, 4.69) is 6.92 Å². The molecule has 2 aromatic rings. The van der Waals surface area contributed by atoms with Gasteiger partial charge < -0.3 is 4.74 Å². The van der Waals surface area contributed by atoms with Crippen LogP contribution in [0.1, 0.15) is 80.0 Å². The van der Waals surface area contributed by atoms with E-state index in [4.69, 9.17) is 4.74 Å². The van der Waals surface area contributed by atoms with Crippen LogP contribution in [-0.2, 0) is 17.6 Å². The number of ether oxygens (including phenoxy) is 1. The number of fused-ring (bicyclic) bond motifs is 3. The Kier molecular flexibility index (Phi) is 7.18. The molecule has 1 nitrogen and oxygen atoms in total. The molecule has 32 heavy (non-hydrogen) atoms. The minimum atomic E-state index is -1.18. The lowest BCUT2D eigenvalue weighted by Gasteiger charge is -2.30. The van der Waals surface area contributed by atoms with E-state index in [1.807, 2.05) is 0 Å². The maximum atomic E-state index is 15.1. The van der Waals surface area contributed by atoms with Crippen LogP contribution in [0.25, 0.3) is 11.1 Å². The highest BCUT2D eigenvalue weighted by Crippen LogP contribution is 2.45. The first-order valence-electron chi connectivity index (χ1n) is 11.6. The van der Waals surface area contributed by atoms with Crippen molar-refractivity contribution in [3.8, 4) is 11.1 Å². The van der Waals surface area contributed by atoms with Crippen molar-refractivity contribution in [2.24, 2.45) is 0 Å². The number of halogens is 5. The van der Waals surface area contributed by atoms with Crippen LogP contribution in [0.5, 0.6) is 0 Å². The first-order valence-corrected chi connectivity index (χ1v) is 11.6. The van der Waals surface area contributed by atoms with Gasteiger partial charge in [0.1, 0.15) is 0 Å². The number of hydrogen-bond donors (Lipinski definition) is 0. The molecule has 0 bridgehead atoms. The molecule has 2 unspecified atom stereocenters. The van der Waals surface area contributed by atoms with E-state index in [1.165, 1.54) is 6.07 Å². The monoisotopic (exact) mass is 452 g/mol. The van der Waals surface area contributed by atoms with Crippen LogP contribution in [0.4, 0.5) is 22.0 Å². The summed E-state index contributed by atoms with van der Waals surface area (Å²) in [6, 6.07) is 3.06. The molecule has 1 aliphatic carbocycles. The van der Waals surface area contributed by atoms with Crippen LogP contribution >= 0.6 is 0 Å². The van der Waals surface area contributed by atoms with E-state index in [1.54, 1.807) is 6.07 Å². The number of hydrogen-bond acceptors (Lipinski definition) is 1. The maximum absolute atomic E-state index is 15.1. The summed E-state index contributed by atoms with van der Waals surface area (Å²) in [5.41, 5.74) is 0.797. The van der Waals surface area contributed by atoms with Gasteiger partial charge in [-0.05, 0) is 60.8 Å². The minimum Gasteiger partial charge on any atom is -0.378 e. The van der Waals surface area contributed by atoms with E-state index < -0.39 is 29.9 Å². The number of rotatable bonds is 8. The van der Waals surface area contributed by atoms with E-state index in [-0.39, 0.29) is 53.5 Å². The summed E-state index contributed by atoms with van der Waals surface area (Å²) in [7, 11) is 0. The van der Waals surface area contributed by atoms with Crippen molar-refractivity contribution in [1.29, 1.82) is 0 Å². The Morgan fingerprint density at radius 1 is 0.875 bits per heavy atom. The summed E-state index contributed by atoms with van der Waals surface area (Å²) in [5, 5.41) is 0. The normalized spacial score (nSPS) is 19.8. The zero-order valence-corrected chi connectivity index (χ0v) is 18.4. The zero-order chi connectivity index (χ0) is 22.8. The van der Waals surface area contributed by atoms with E-state index in [0.29, 0.717) is 24.2 Å². The number of benzene rings is 2. The van der Waals surface area contributed by atoms with Gasteiger partial charge in [0.2, 0.25) is 0 Å². The Morgan fingerprint density at radius 3 is 2.25 bits per heavy atom. The summed E-state index contributed by atoms with van der Waals surface area (Å²) in [6.45, 7) is 1.84. The molecule has 0 N–H and O–H groups in total. The van der Waals surface area contributed by atoms with Gasteiger partial charge >= 0.3 is 0 Å². The van der Waals surface area contributed by atoms with Crippen molar-refractivity contribution in [2.45, 2.75) is 76.7 Å². The van der Waals surface area contributed by atoms with Crippen LogP contribution in [0.2, 0.25) is 0 Å². The van der Waals surface area contributed by atoms with Gasteiger partial charge in [-0.15, -0.1) is 0 Å². The van der Waals surface area contributed by atoms with Crippen molar-refractivity contribution < 1.29 is 26.7 Å². The van der Waals surface area contributed by atoms with Gasteiger partial charge in [-0.25, -0.2) is 17.6 Å². The van der Waals surface area contributed by atoms with Gasteiger partial charge in [0.05, 0.1) is 19.4 Å². The highest BCUT2D eigenvalue weighted by Gasteiger charge is 2.34. The van der Waals surface area contributed by atoms with Gasteiger partial charge in [0.15, 0.2) is 23.3 Å². The Hall–Kier alpha value is -1.95. The molecule has 6 heteroatoms. The number of aryl methyl sites for hydroxylation is 1. The molecule has 0 aromatic heterocycles. The van der Waals surface area contributed by atoms with Crippen LogP contribution in [0.15, 0.2) is 12.1 Å². The van der Waals surface area contributed by atoms with Crippen LogP contribution in [0, 0.1) is 23.3 Å². The molecule has 1 fully saturated rings. The van der Waals surface area contributed by atoms with Gasteiger partial charge in [0.25, 0.3) is 0 Å². The topological polar surface area (TPSA) is 9.23 Å². The lowest BCUT2D eigenvalue weighted by atomic mass is 9.87. The van der Waals surface area contributed by atoms with Gasteiger partial charge in [-0.1, -0.05) is 38.3 Å². The van der Waals surface area contributed by atoms with E-state index >= 15 is 8.78 Å². The summed E-state index contributed by atoms with van der Waals surface area (Å²) in [5.74, 6) is -4.68.